The van der Waals surface area contributed by atoms with E-state index in [-0.39, 0.29) is 11.1 Å². The summed E-state index contributed by atoms with van der Waals surface area (Å²) in [6.45, 7) is 6.51. The third kappa shape index (κ3) is 4.11. The van der Waals surface area contributed by atoms with Gasteiger partial charge in [0, 0.05) is 11.4 Å². The number of halogens is 1. The highest BCUT2D eigenvalue weighted by molar-refractivity contribution is 6.31. The number of nitrogens with zero attached hydrogens (tertiary/aromatic N) is 3. The SMILES string of the molecule is CC(C)(C)c1ccc(/C=N/n2c(Cc3ccccc3Cl)n[nH]c2=O)cc1. The first kappa shape index (κ1) is 18.1. The first-order valence-electron chi connectivity index (χ1n) is 8.39. The van der Waals surface area contributed by atoms with E-state index >= 15 is 0 Å². The molecule has 0 bridgehead atoms. The first-order chi connectivity index (χ1) is 12.3. The number of aromatic amines is 1. The molecule has 5 nitrogen and oxygen atoms in total. The summed E-state index contributed by atoms with van der Waals surface area (Å²) in [7, 11) is 0. The molecule has 26 heavy (non-hydrogen) atoms. The molecule has 134 valence electrons. The van der Waals surface area contributed by atoms with E-state index in [4.69, 9.17) is 11.6 Å². The summed E-state index contributed by atoms with van der Waals surface area (Å²) in [5.74, 6) is 0.505. The van der Waals surface area contributed by atoms with E-state index < -0.39 is 0 Å². The van der Waals surface area contributed by atoms with Gasteiger partial charge < -0.3 is 0 Å². The second-order valence-electron chi connectivity index (χ2n) is 7.14. The fourth-order valence-electron chi connectivity index (χ4n) is 2.56. The molecule has 0 radical (unpaired) electrons. The standard InChI is InChI=1S/C20H21ClN4O/c1-20(2,3)16-10-8-14(9-11-16)13-22-25-18(23-24-19(25)26)12-15-6-4-5-7-17(15)21/h4-11,13H,12H2,1-3H3,(H,24,26)/b22-13+. The predicted octanol–water partition coefficient (Wildman–Crippen LogP) is 4.00. The van der Waals surface area contributed by atoms with Crippen molar-refractivity contribution in [2.75, 3.05) is 0 Å². The maximum atomic E-state index is 12.0. The lowest BCUT2D eigenvalue weighted by molar-refractivity contribution is 0.590. The highest BCUT2D eigenvalue weighted by Gasteiger charge is 2.13. The molecule has 3 aromatic rings. The van der Waals surface area contributed by atoms with Crippen molar-refractivity contribution in [2.24, 2.45) is 5.10 Å². The lowest BCUT2D eigenvalue weighted by Gasteiger charge is -2.18. The molecular weight excluding hydrogens is 348 g/mol. The normalized spacial score (nSPS) is 12.0. The number of aromatic nitrogens is 3. The lowest BCUT2D eigenvalue weighted by Crippen LogP contribution is -2.15. The van der Waals surface area contributed by atoms with E-state index in [9.17, 15) is 4.79 Å². The Bertz CT molecular complexity index is 978. The summed E-state index contributed by atoms with van der Waals surface area (Å²) in [6, 6.07) is 15.6. The minimum Gasteiger partial charge on any atom is -0.244 e. The van der Waals surface area contributed by atoms with Crippen molar-refractivity contribution in [2.45, 2.75) is 32.6 Å². The van der Waals surface area contributed by atoms with Crippen molar-refractivity contribution >= 4 is 17.8 Å². The van der Waals surface area contributed by atoms with Crippen molar-refractivity contribution < 1.29 is 0 Å². The molecule has 0 spiro atoms. The van der Waals surface area contributed by atoms with Gasteiger partial charge in [-0.1, -0.05) is 74.8 Å². The van der Waals surface area contributed by atoms with Crippen LogP contribution in [0.2, 0.25) is 5.02 Å². The van der Waals surface area contributed by atoms with Gasteiger partial charge in [-0.2, -0.15) is 14.9 Å². The van der Waals surface area contributed by atoms with Gasteiger partial charge in [0.2, 0.25) is 0 Å². The molecule has 6 heteroatoms. The highest BCUT2D eigenvalue weighted by atomic mass is 35.5. The Hall–Kier alpha value is -2.66. The van der Waals surface area contributed by atoms with Crippen molar-refractivity contribution in [3.05, 3.63) is 86.6 Å². The Labute approximate surface area is 157 Å². The second-order valence-corrected chi connectivity index (χ2v) is 7.55. The number of H-pyrrole nitrogens is 1. The summed E-state index contributed by atoms with van der Waals surface area (Å²) < 4.78 is 1.26. The Balaban J connectivity index is 1.84. The van der Waals surface area contributed by atoms with Gasteiger partial charge in [-0.25, -0.2) is 9.89 Å². The Morgan fingerprint density at radius 2 is 1.85 bits per heavy atom. The highest BCUT2D eigenvalue weighted by Crippen LogP contribution is 2.22. The largest absolute Gasteiger partial charge is 0.364 e. The van der Waals surface area contributed by atoms with Crippen LogP contribution >= 0.6 is 11.6 Å². The second kappa shape index (κ2) is 7.30. The van der Waals surface area contributed by atoms with Crippen molar-refractivity contribution in [1.29, 1.82) is 0 Å². The van der Waals surface area contributed by atoms with Gasteiger partial charge in [0.1, 0.15) is 0 Å². The Kier molecular flexibility index (Phi) is 5.09. The molecule has 1 N–H and O–H groups in total. The Morgan fingerprint density at radius 1 is 1.15 bits per heavy atom. The summed E-state index contributed by atoms with van der Waals surface area (Å²) in [5, 5.41) is 11.4. The maximum Gasteiger partial charge on any atom is 0.364 e. The molecule has 0 fully saturated rings. The summed E-state index contributed by atoms with van der Waals surface area (Å²) in [6.07, 6.45) is 2.07. The quantitative estimate of drug-likeness (QED) is 0.707. The number of hydrogen-bond acceptors (Lipinski definition) is 3. The van der Waals surface area contributed by atoms with Crippen molar-refractivity contribution in [3.8, 4) is 0 Å². The van der Waals surface area contributed by atoms with E-state index in [1.165, 1.54) is 10.2 Å². The summed E-state index contributed by atoms with van der Waals surface area (Å²) in [4.78, 5) is 12.0. The van der Waals surface area contributed by atoms with Gasteiger partial charge in [0.15, 0.2) is 5.82 Å². The molecule has 0 saturated heterocycles. The monoisotopic (exact) mass is 368 g/mol. The summed E-state index contributed by atoms with van der Waals surface area (Å²) >= 11 is 6.19. The van der Waals surface area contributed by atoms with Crippen LogP contribution in [-0.4, -0.2) is 21.1 Å². The third-order valence-corrected chi connectivity index (χ3v) is 4.49. The van der Waals surface area contributed by atoms with Crippen LogP contribution in [0.3, 0.4) is 0 Å². The fourth-order valence-corrected chi connectivity index (χ4v) is 2.77. The minimum absolute atomic E-state index is 0.0965. The minimum atomic E-state index is -0.380. The maximum absolute atomic E-state index is 12.0. The zero-order chi connectivity index (χ0) is 18.7. The van der Waals surface area contributed by atoms with Crippen LogP contribution in [0.15, 0.2) is 58.4 Å². The number of benzene rings is 2. The molecule has 0 aliphatic heterocycles. The molecule has 0 aliphatic rings. The predicted molar refractivity (Wildman–Crippen MR) is 105 cm³/mol. The van der Waals surface area contributed by atoms with Crippen LogP contribution in [0.25, 0.3) is 0 Å². The van der Waals surface area contributed by atoms with E-state index in [1.807, 2.05) is 36.4 Å². The van der Waals surface area contributed by atoms with Gasteiger partial charge in [0.25, 0.3) is 0 Å². The Morgan fingerprint density at radius 3 is 2.50 bits per heavy atom. The molecule has 0 atom stereocenters. The molecule has 0 amide bonds. The lowest BCUT2D eigenvalue weighted by atomic mass is 9.87. The van der Waals surface area contributed by atoms with Crippen molar-refractivity contribution in [3.63, 3.8) is 0 Å². The van der Waals surface area contributed by atoms with E-state index in [1.54, 1.807) is 6.21 Å². The van der Waals surface area contributed by atoms with Crippen LogP contribution < -0.4 is 5.69 Å². The number of hydrogen-bond donors (Lipinski definition) is 1. The molecule has 0 aliphatic carbocycles. The van der Waals surface area contributed by atoms with Gasteiger partial charge in [-0.15, -0.1) is 0 Å². The molecule has 1 heterocycles. The smallest absolute Gasteiger partial charge is 0.244 e. The van der Waals surface area contributed by atoms with E-state index in [2.05, 4.69) is 48.2 Å². The summed E-state index contributed by atoms with van der Waals surface area (Å²) in [5.41, 5.74) is 2.76. The zero-order valence-corrected chi connectivity index (χ0v) is 15.8. The van der Waals surface area contributed by atoms with Gasteiger partial charge in [-0.3, -0.25) is 0 Å². The van der Waals surface area contributed by atoms with Crippen molar-refractivity contribution in [1.82, 2.24) is 14.9 Å². The first-order valence-corrected chi connectivity index (χ1v) is 8.77. The van der Waals surface area contributed by atoms with Crippen LogP contribution in [-0.2, 0) is 11.8 Å². The van der Waals surface area contributed by atoms with E-state index in [0.717, 1.165) is 11.1 Å². The molecule has 0 unspecified atom stereocenters. The molecule has 1 aromatic heterocycles. The van der Waals surface area contributed by atoms with Crippen LogP contribution in [0.1, 0.15) is 43.3 Å². The van der Waals surface area contributed by atoms with Crippen LogP contribution in [0.4, 0.5) is 0 Å². The molecule has 0 saturated carbocycles. The van der Waals surface area contributed by atoms with Crippen LogP contribution in [0.5, 0.6) is 0 Å². The molecule has 3 rings (SSSR count). The third-order valence-electron chi connectivity index (χ3n) is 4.12. The average Bonchev–Trinajstić information content (AvgIpc) is 2.94. The van der Waals surface area contributed by atoms with Gasteiger partial charge in [0.05, 0.1) is 6.21 Å². The van der Waals surface area contributed by atoms with Gasteiger partial charge in [-0.05, 0) is 28.2 Å². The average molecular weight is 369 g/mol. The van der Waals surface area contributed by atoms with Crippen LogP contribution in [0, 0.1) is 0 Å². The topological polar surface area (TPSA) is 63.0 Å². The molecular formula is C20H21ClN4O. The number of nitrogens with one attached hydrogen (secondary N) is 1. The number of rotatable bonds is 4. The van der Waals surface area contributed by atoms with Gasteiger partial charge >= 0.3 is 5.69 Å². The zero-order valence-electron chi connectivity index (χ0n) is 15.0. The fraction of sp³-hybridized carbons (Fsp3) is 0.250. The molecule has 2 aromatic carbocycles. The van der Waals surface area contributed by atoms with E-state index in [0.29, 0.717) is 17.3 Å².